The van der Waals surface area contributed by atoms with E-state index >= 15 is 0 Å². The zero-order valence-corrected chi connectivity index (χ0v) is 13.0. The van der Waals surface area contributed by atoms with E-state index in [1.807, 2.05) is 6.20 Å². The number of nitrogens with zero attached hydrogens (tertiary/aromatic N) is 2. The Balaban J connectivity index is 2.04. The third kappa shape index (κ3) is 2.67. The van der Waals surface area contributed by atoms with Gasteiger partial charge in [0.15, 0.2) is 5.82 Å². The second-order valence-corrected chi connectivity index (χ2v) is 6.10. The van der Waals surface area contributed by atoms with Crippen molar-refractivity contribution in [1.82, 2.24) is 9.97 Å². The molecule has 1 heterocycles. The Morgan fingerprint density at radius 2 is 2.16 bits per heavy atom. The Morgan fingerprint density at radius 3 is 2.79 bits per heavy atom. The van der Waals surface area contributed by atoms with E-state index in [4.69, 9.17) is 16.6 Å². The largest absolute Gasteiger partial charge is 0.236 e. The second-order valence-electron chi connectivity index (χ2n) is 4.98. The van der Waals surface area contributed by atoms with Gasteiger partial charge < -0.3 is 0 Å². The van der Waals surface area contributed by atoms with Crippen LogP contribution in [0, 0.1) is 6.92 Å². The van der Waals surface area contributed by atoms with Gasteiger partial charge in [0.2, 0.25) is 0 Å². The van der Waals surface area contributed by atoms with Gasteiger partial charge in [0.25, 0.3) is 0 Å². The Labute approximate surface area is 126 Å². The summed E-state index contributed by atoms with van der Waals surface area (Å²) < 4.78 is 1.09. The molecule has 1 saturated carbocycles. The minimum atomic E-state index is 0.490. The molecule has 0 aliphatic heterocycles. The van der Waals surface area contributed by atoms with Crippen molar-refractivity contribution in [3.05, 3.63) is 45.7 Å². The van der Waals surface area contributed by atoms with Crippen LogP contribution in [0.15, 0.2) is 28.9 Å². The van der Waals surface area contributed by atoms with Crippen molar-refractivity contribution < 1.29 is 0 Å². The number of alkyl halides is 1. The van der Waals surface area contributed by atoms with E-state index in [0.717, 1.165) is 27.1 Å². The zero-order valence-electron chi connectivity index (χ0n) is 10.7. The summed E-state index contributed by atoms with van der Waals surface area (Å²) in [6.07, 6.45) is 4.31. The fourth-order valence-corrected chi connectivity index (χ4v) is 2.69. The first-order chi connectivity index (χ1) is 9.19. The Bertz CT molecular complexity index is 624. The standard InChI is InChI=1S/C15H14BrClN2/c1-9-2-3-11(6-13(9)16)15-18-8-12(7-17)14(19-15)10-4-5-10/h2-3,6,8,10H,4-5,7H2,1H3. The molecule has 1 aromatic heterocycles. The number of hydrogen-bond donors (Lipinski definition) is 0. The van der Waals surface area contributed by atoms with Gasteiger partial charge in [0.1, 0.15) is 0 Å². The first-order valence-corrected chi connectivity index (χ1v) is 7.70. The summed E-state index contributed by atoms with van der Waals surface area (Å²) in [5, 5.41) is 0. The third-order valence-electron chi connectivity index (χ3n) is 3.44. The average Bonchev–Trinajstić information content (AvgIpc) is 3.25. The van der Waals surface area contributed by atoms with Crippen molar-refractivity contribution in [3.8, 4) is 11.4 Å². The van der Waals surface area contributed by atoms with Gasteiger partial charge in [-0.2, -0.15) is 0 Å². The molecule has 0 atom stereocenters. The molecule has 0 unspecified atom stereocenters. The number of aryl methyl sites for hydroxylation is 1. The van der Waals surface area contributed by atoms with Crippen LogP contribution in [0.1, 0.15) is 35.6 Å². The summed E-state index contributed by atoms with van der Waals surface area (Å²) in [5.41, 5.74) is 4.46. The summed E-state index contributed by atoms with van der Waals surface area (Å²) in [4.78, 5) is 9.18. The molecule has 1 aromatic carbocycles. The molecule has 3 rings (SSSR count). The van der Waals surface area contributed by atoms with E-state index in [-0.39, 0.29) is 0 Å². The minimum absolute atomic E-state index is 0.490. The number of halogens is 2. The van der Waals surface area contributed by atoms with Crippen LogP contribution < -0.4 is 0 Å². The molecule has 0 radical (unpaired) electrons. The topological polar surface area (TPSA) is 25.8 Å². The van der Waals surface area contributed by atoms with Gasteiger partial charge >= 0.3 is 0 Å². The summed E-state index contributed by atoms with van der Waals surface area (Å²) in [6.45, 7) is 2.07. The lowest BCUT2D eigenvalue weighted by atomic mass is 10.1. The van der Waals surface area contributed by atoms with Crippen molar-refractivity contribution in [1.29, 1.82) is 0 Å². The van der Waals surface area contributed by atoms with Crippen LogP contribution in [0.2, 0.25) is 0 Å². The van der Waals surface area contributed by atoms with E-state index < -0.39 is 0 Å². The summed E-state index contributed by atoms with van der Waals surface area (Å²) >= 11 is 9.52. The van der Waals surface area contributed by atoms with Crippen molar-refractivity contribution in [2.75, 3.05) is 0 Å². The molecule has 1 aliphatic carbocycles. The van der Waals surface area contributed by atoms with E-state index in [9.17, 15) is 0 Å². The molecule has 1 fully saturated rings. The quantitative estimate of drug-likeness (QED) is 0.750. The lowest BCUT2D eigenvalue weighted by Crippen LogP contribution is -1.99. The van der Waals surface area contributed by atoms with Crippen LogP contribution >= 0.6 is 27.5 Å². The molecule has 4 heteroatoms. The average molecular weight is 338 g/mol. The highest BCUT2D eigenvalue weighted by atomic mass is 79.9. The Kier molecular flexibility index (Phi) is 3.59. The van der Waals surface area contributed by atoms with Crippen LogP contribution in [0.25, 0.3) is 11.4 Å². The SMILES string of the molecule is Cc1ccc(-c2ncc(CCl)c(C3CC3)n2)cc1Br. The minimum Gasteiger partial charge on any atom is -0.236 e. The Hall–Kier alpha value is -0.930. The molecule has 0 bridgehead atoms. The Morgan fingerprint density at radius 1 is 1.37 bits per heavy atom. The highest BCUT2D eigenvalue weighted by Gasteiger charge is 2.28. The van der Waals surface area contributed by atoms with Gasteiger partial charge in [-0.3, -0.25) is 0 Å². The number of aromatic nitrogens is 2. The summed E-state index contributed by atoms with van der Waals surface area (Å²) in [7, 11) is 0. The molecule has 98 valence electrons. The van der Waals surface area contributed by atoms with Gasteiger partial charge in [0, 0.05) is 27.7 Å². The molecule has 1 aliphatic rings. The lowest BCUT2D eigenvalue weighted by Gasteiger charge is -2.08. The normalized spacial score (nSPS) is 14.7. The fourth-order valence-electron chi connectivity index (χ4n) is 2.10. The molecule has 19 heavy (non-hydrogen) atoms. The molecule has 0 spiro atoms. The maximum absolute atomic E-state index is 5.96. The van der Waals surface area contributed by atoms with E-state index in [2.05, 4.69) is 46.0 Å². The van der Waals surface area contributed by atoms with Gasteiger partial charge in [-0.1, -0.05) is 28.1 Å². The molecule has 0 saturated heterocycles. The summed E-state index contributed by atoms with van der Waals surface area (Å²) in [6, 6.07) is 6.21. The highest BCUT2D eigenvalue weighted by molar-refractivity contribution is 9.10. The number of benzene rings is 1. The van der Waals surface area contributed by atoms with Crippen LogP contribution in [0.4, 0.5) is 0 Å². The highest BCUT2D eigenvalue weighted by Crippen LogP contribution is 2.41. The molecule has 2 nitrogen and oxygen atoms in total. The molecular weight excluding hydrogens is 324 g/mol. The first-order valence-electron chi connectivity index (χ1n) is 6.37. The van der Waals surface area contributed by atoms with Gasteiger partial charge in [0.05, 0.1) is 11.6 Å². The zero-order chi connectivity index (χ0) is 13.4. The van der Waals surface area contributed by atoms with Crippen molar-refractivity contribution >= 4 is 27.5 Å². The van der Waals surface area contributed by atoms with Gasteiger partial charge in [-0.05, 0) is 31.4 Å². The van der Waals surface area contributed by atoms with Crippen molar-refractivity contribution in [2.24, 2.45) is 0 Å². The van der Waals surface area contributed by atoms with Crippen LogP contribution in [-0.4, -0.2) is 9.97 Å². The smallest absolute Gasteiger partial charge is 0.159 e. The van der Waals surface area contributed by atoms with Crippen LogP contribution in [-0.2, 0) is 5.88 Å². The van der Waals surface area contributed by atoms with Crippen molar-refractivity contribution in [2.45, 2.75) is 31.6 Å². The van der Waals surface area contributed by atoms with Gasteiger partial charge in [-0.15, -0.1) is 11.6 Å². The molecule has 0 N–H and O–H groups in total. The van der Waals surface area contributed by atoms with E-state index in [1.54, 1.807) is 0 Å². The monoisotopic (exact) mass is 336 g/mol. The first kappa shape index (κ1) is 13.1. The van der Waals surface area contributed by atoms with Crippen LogP contribution in [0.5, 0.6) is 0 Å². The van der Waals surface area contributed by atoms with E-state index in [1.165, 1.54) is 18.4 Å². The molecular formula is C15H14BrClN2. The fraction of sp³-hybridized carbons (Fsp3) is 0.333. The molecule has 2 aromatic rings. The summed E-state index contributed by atoms with van der Waals surface area (Å²) in [5.74, 6) is 1.87. The number of rotatable bonds is 3. The second kappa shape index (κ2) is 5.22. The predicted octanol–water partition coefficient (Wildman–Crippen LogP) is 4.83. The van der Waals surface area contributed by atoms with Gasteiger partial charge in [-0.25, -0.2) is 9.97 Å². The lowest BCUT2D eigenvalue weighted by molar-refractivity contribution is 0.958. The van der Waals surface area contributed by atoms with Crippen LogP contribution in [0.3, 0.4) is 0 Å². The maximum atomic E-state index is 5.96. The predicted molar refractivity (Wildman–Crippen MR) is 81.4 cm³/mol. The molecule has 0 amide bonds. The van der Waals surface area contributed by atoms with E-state index in [0.29, 0.717) is 11.8 Å². The van der Waals surface area contributed by atoms with Crippen molar-refractivity contribution in [3.63, 3.8) is 0 Å². The maximum Gasteiger partial charge on any atom is 0.159 e. The number of hydrogen-bond acceptors (Lipinski definition) is 2. The third-order valence-corrected chi connectivity index (χ3v) is 4.58.